The molecule has 8 heteroatoms. The molecule has 1 saturated heterocycles. The highest BCUT2D eigenvalue weighted by Gasteiger charge is 2.38. The molecule has 4 rings (SSSR count). The van der Waals surface area contributed by atoms with Crippen LogP contribution in [-0.4, -0.2) is 33.6 Å². The highest BCUT2D eigenvalue weighted by molar-refractivity contribution is 6.30. The van der Waals surface area contributed by atoms with Gasteiger partial charge in [-0.05, 0) is 74.5 Å². The number of piperidine rings is 1. The fraction of sp³-hybridized carbons (Fsp3) is 0.417. The van der Waals surface area contributed by atoms with Crippen LogP contribution in [0.25, 0.3) is 22.0 Å². The van der Waals surface area contributed by atoms with Crippen molar-refractivity contribution in [3.63, 3.8) is 0 Å². The Morgan fingerprint density at radius 1 is 1.12 bits per heavy atom. The zero-order chi connectivity index (χ0) is 23.0. The van der Waals surface area contributed by atoms with Crippen molar-refractivity contribution < 1.29 is 13.2 Å². The average Bonchev–Trinajstić information content (AvgIpc) is 2.75. The lowest BCUT2D eigenvalue weighted by molar-refractivity contribution is -0.148. The number of hydrogen-bond donors (Lipinski definition) is 0. The van der Waals surface area contributed by atoms with Crippen LogP contribution in [0.1, 0.15) is 32.5 Å². The molecule has 0 N–H and O–H groups in total. The summed E-state index contributed by atoms with van der Waals surface area (Å²) in [5.74, 6) is -1.17. The summed E-state index contributed by atoms with van der Waals surface area (Å²) in [5.41, 5.74) is 0.938. The van der Waals surface area contributed by atoms with Crippen LogP contribution in [-0.2, 0) is 12.7 Å². The first-order valence-electron chi connectivity index (χ1n) is 10.8. The molecule has 170 valence electrons. The third-order valence-electron chi connectivity index (χ3n) is 6.11. The van der Waals surface area contributed by atoms with Gasteiger partial charge in [-0.1, -0.05) is 29.8 Å². The molecule has 4 nitrogen and oxygen atoms in total. The van der Waals surface area contributed by atoms with Crippen LogP contribution in [0.2, 0.25) is 5.02 Å². The van der Waals surface area contributed by atoms with Crippen molar-refractivity contribution in [2.75, 3.05) is 13.1 Å². The van der Waals surface area contributed by atoms with Gasteiger partial charge in [0.15, 0.2) is 0 Å². The summed E-state index contributed by atoms with van der Waals surface area (Å²) < 4.78 is 42.4. The monoisotopic (exact) mass is 463 g/mol. The standard InChI is InChI=1S/C24H25ClF3N3O/c1-15(2)30-11-3-4-16(13-30)14-31-22(32)20-12-18(17-5-8-19(25)9-6-17)7-10-21(20)29-23(31)24(26,27)28/h5-10,12,15-16H,3-4,11,13-14H2,1-2H3/t16-/m0/s1. The minimum absolute atomic E-state index is 0.00497. The third kappa shape index (κ3) is 4.69. The summed E-state index contributed by atoms with van der Waals surface area (Å²) in [6.07, 6.45) is -3.02. The molecule has 0 unspecified atom stereocenters. The maximum Gasteiger partial charge on any atom is 0.449 e. The number of alkyl halides is 3. The van der Waals surface area contributed by atoms with Gasteiger partial charge in [0.1, 0.15) is 0 Å². The molecule has 1 atom stereocenters. The van der Waals surface area contributed by atoms with Crippen LogP contribution in [0.15, 0.2) is 47.3 Å². The molecule has 1 aliphatic rings. The first-order valence-corrected chi connectivity index (χ1v) is 11.1. The minimum Gasteiger partial charge on any atom is -0.301 e. The Morgan fingerprint density at radius 3 is 2.47 bits per heavy atom. The van der Waals surface area contributed by atoms with Gasteiger partial charge in [0.2, 0.25) is 5.82 Å². The second-order valence-corrected chi connectivity index (χ2v) is 9.12. The van der Waals surface area contributed by atoms with Crippen LogP contribution in [0, 0.1) is 5.92 Å². The Labute approximate surface area is 189 Å². The quantitative estimate of drug-likeness (QED) is 0.486. The predicted octanol–water partition coefficient (Wildman–Crippen LogP) is 5.86. The third-order valence-corrected chi connectivity index (χ3v) is 6.36. The maximum absolute atomic E-state index is 13.9. The predicted molar refractivity (Wildman–Crippen MR) is 121 cm³/mol. The Balaban J connectivity index is 1.79. The van der Waals surface area contributed by atoms with Gasteiger partial charge in [-0.15, -0.1) is 0 Å². The molecule has 32 heavy (non-hydrogen) atoms. The van der Waals surface area contributed by atoms with Crippen LogP contribution in [0.4, 0.5) is 13.2 Å². The van der Waals surface area contributed by atoms with Crippen molar-refractivity contribution in [2.45, 2.75) is 45.5 Å². The summed E-state index contributed by atoms with van der Waals surface area (Å²) >= 11 is 5.95. The van der Waals surface area contributed by atoms with Crippen LogP contribution in [0.5, 0.6) is 0 Å². The van der Waals surface area contributed by atoms with E-state index in [2.05, 4.69) is 23.7 Å². The topological polar surface area (TPSA) is 38.1 Å². The van der Waals surface area contributed by atoms with Crippen LogP contribution >= 0.6 is 11.6 Å². The SMILES string of the molecule is CC(C)N1CCC[C@H](Cn2c(C(F)(F)F)nc3ccc(-c4ccc(Cl)cc4)cc3c2=O)C1. The largest absolute Gasteiger partial charge is 0.449 e. The highest BCUT2D eigenvalue weighted by atomic mass is 35.5. The number of benzene rings is 2. The van der Waals surface area contributed by atoms with E-state index in [0.29, 0.717) is 17.6 Å². The smallest absolute Gasteiger partial charge is 0.301 e. The van der Waals surface area contributed by atoms with E-state index in [1.165, 1.54) is 6.07 Å². The minimum atomic E-state index is -4.71. The zero-order valence-corrected chi connectivity index (χ0v) is 18.7. The average molecular weight is 464 g/mol. The molecule has 0 radical (unpaired) electrons. The summed E-state index contributed by atoms with van der Waals surface area (Å²) in [6.45, 7) is 5.75. The molecule has 1 aliphatic heterocycles. The van der Waals surface area contributed by atoms with Gasteiger partial charge in [-0.25, -0.2) is 4.98 Å². The normalized spacial score (nSPS) is 17.9. The van der Waals surface area contributed by atoms with Gasteiger partial charge in [0, 0.05) is 24.2 Å². The maximum atomic E-state index is 13.9. The van der Waals surface area contributed by atoms with Gasteiger partial charge in [0.25, 0.3) is 5.56 Å². The second kappa shape index (κ2) is 8.87. The molecule has 1 fully saturated rings. The number of hydrogen-bond acceptors (Lipinski definition) is 3. The van der Waals surface area contributed by atoms with E-state index in [0.717, 1.165) is 35.1 Å². The molecule has 2 heterocycles. The van der Waals surface area contributed by atoms with Crippen molar-refractivity contribution in [3.8, 4) is 11.1 Å². The van der Waals surface area contributed by atoms with E-state index >= 15 is 0 Å². The summed E-state index contributed by atoms with van der Waals surface area (Å²) in [7, 11) is 0. The lowest BCUT2D eigenvalue weighted by Crippen LogP contribution is -2.43. The van der Waals surface area contributed by atoms with Crippen LogP contribution in [0.3, 0.4) is 0 Å². The van der Waals surface area contributed by atoms with E-state index in [-0.39, 0.29) is 23.4 Å². The van der Waals surface area contributed by atoms with E-state index in [9.17, 15) is 18.0 Å². The first kappa shape index (κ1) is 22.8. The van der Waals surface area contributed by atoms with Gasteiger partial charge in [-0.3, -0.25) is 9.36 Å². The number of nitrogens with zero attached hydrogens (tertiary/aromatic N) is 3. The van der Waals surface area contributed by atoms with Crippen LogP contribution < -0.4 is 5.56 Å². The van der Waals surface area contributed by atoms with E-state index in [4.69, 9.17) is 11.6 Å². The van der Waals surface area contributed by atoms with E-state index in [1.54, 1.807) is 24.3 Å². The van der Waals surface area contributed by atoms with Crippen molar-refractivity contribution in [1.29, 1.82) is 0 Å². The van der Waals surface area contributed by atoms with E-state index < -0.39 is 17.6 Å². The number of rotatable bonds is 4. The van der Waals surface area contributed by atoms with Gasteiger partial charge < -0.3 is 4.90 Å². The fourth-order valence-electron chi connectivity index (χ4n) is 4.40. The zero-order valence-electron chi connectivity index (χ0n) is 18.0. The van der Waals surface area contributed by atoms with Gasteiger partial charge >= 0.3 is 6.18 Å². The summed E-state index contributed by atoms with van der Waals surface area (Å²) in [5, 5.41) is 0.762. The molecule has 0 bridgehead atoms. The van der Waals surface area contributed by atoms with Crippen molar-refractivity contribution in [1.82, 2.24) is 14.5 Å². The lowest BCUT2D eigenvalue weighted by atomic mass is 9.96. The molecule has 0 aliphatic carbocycles. The Bertz CT molecular complexity index is 1170. The number of likely N-dealkylation sites (tertiary alicyclic amines) is 1. The molecule has 0 amide bonds. The van der Waals surface area contributed by atoms with Crippen molar-refractivity contribution in [2.24, 2.45) is 5.92 Å². The van der Waals surface area contributed by atoms with Crippen molar-refractivity contribution in [3.05, 3.63) is 63.7 Å². The molecule has 1 aromatic heterocycles. The van der Waals surface area contributed by atoms with E-state index in [1.807, 2.05) is 12.1 Å². The fourth-order valence-corrected chi connectivity index (χ4v) is 4.53. The number of fused-ring (bicyclic) bond motifs is 1. The lowest BCUT2D eigenvalue weighted by Gasteiger charge is -2.35. The summed E-state index contributed by atoms with van der Waals surface area (Å²) in [4.78, 5) is 19.4. The Hall–Kier alpha value is -2.38. The highest BCUT2D eigenvalue weighted by Crippen LogP contribution is 2.31. The molecule has 0 saturated carbocycles. The van der Waals surface area contributed by atoms with Gasteiger partial charge in [-0.2, -0.15) is 13.2 Å². The number of aromatic nitrogens is 2. The van der Waals surface area contributed by atoms with Gasteiger partial charge in [0.05, 0.1) is 10.9 Å². The first-order chi connectivity index (χ1) is 15.1. The molecule has 3 aromatic rings. The second-order valence-electron chi connectivity index (χ2n) is 8.68. The molecular formula is C24H25ClF3N3O. The Kier molecular flexibility index (Phi) is 6.32. The summed E-state index contributed by atoms with van der Waals surface area (Å²) in [6, 6.07) is 12.1. The molecule has 2 aromatic carbocycles. The Morgan fingerprint density at radius 2 is 1.81 bits per heavy atom. The molecular weight excluding hydrogens is 439 g/mol. The molecule has 0 spiro atoms. The van der Waals surface area contributed by atoms with Crippen molar-refractivity contribution >= 4 is 22.5 Å². The number of halogens is 4.